The second kappa shape index (κ2) is 11.4. The van der Waals surface area contributed by atoms with Gasteiger partial charge in [-0.25, -0.2) is 14.7 Å². The molecular weight excluding hydrogens is 570 g/mol. The van der Waals surface area contributed by atoms with Crippen LogP contribution in [0.25, 0.3) is 5.82 Å². The average molecular weight is 610 g/mol. The molecule has 2 spiro atoms. The molecule has 224 valence electrons. The minimum Gasteiger partial charge on any atom is -0.476 e. The van der Waals surface area contributed by atoms with Gasteiger partial charge in [-0.15, -0.1) is 5.10 Å². The zero-order valence-corrected chi connectivity index (χ0v) is 26.0. The highest BCUT2D eigenvalue weighted by molar-refractivity contribution is 8.13. The molecule has 11 heteroatoms. The summed E-state index contributed by atoms with van der Waals surface area (Å²) in [5, 5.41) is 11.9. The van der Waals surface area contributed by atoms with Gasteiger partial charge in [0.2, 0.25) is 5.88 Å². The number of ether oxygens (including phenoxy) is 1. The second-order valence-corrected chi connectivity index (χ2v) is 14.0. The number of hydrogen-bond acceptors (Lipinski definition) is 8. The number of aromatic nitrogens is 3. The largest absolute Gasteiger partial charge is 0.476 e. The number of halogens is 1. The normalized spacial score (nSPS) is 22.6. The van der Waals surface area contributed by atoms with Crippen molar-refractivity contribution in [2.75, 3.05) is 19.7 Å². The lowest BCUT2D eigenvalue weighted by Crippen LogP contribution is -2.31. The van der Waals surface area contributed by atoms with Gasteiger partial charge in [0.05, 0.1) is 12.2 Å². The summed E-state index contributed by atoms with van der Waals surface area (Å²) in [7, 11) is 0. The summed E-state index contributed by atoms with van der Waals surface area (Å²) in [6.45, 7) is 14.9. The van der Waals surface area contributed by atoms with Crippen LogP contribution in [0.15, 0.2) is 54.4 Å². The molecule has 2 aromatic rings. The van der Waals surface area contributed by atoms with Gasteiger partial charge in [0.1, 0.15) is 16.0 Å². The molecular formula is C31H40ClN7O2S. The minimum atomic E-state index is -0.387. The number of fused-ring (bicyclic) bond motifs is 1. The van der Waals surface area contributed by atoms with Gasteiger partial charge in [-0.2, -0.15) is 0 Å². The van der Waals surface area contributed by atoms with Crippen LogP contribution in [0.4, 0.5) is 0 Å². The van der Waals surface area contributed by atoms with Crippen LogP contribution in [-0.4, -0.2) is 51.0 Å². The molecule has 0 aromatic carbocycles. The van der Waals surface area contributed by atoms with Crippen molar-refractivity contribution in [2.24, 2.45) is 27.7 Å². The van der Waals surface area contributed by atoms with Gasteiger partial charge in [0.25, 0.3) is 5.91 Å². The number of carbonyl (C=O) groups is 1. The summed E-state index contributed by atoms with van der Waals surface area (Å²) in [5.41, 5.74) is 1.70. The summed E-state index contributed by atoms with van der Waals surface area (Å²) in [5.74, 6) is 2.62. The SMILES string of the molecule is C=C/C(=N\C(=C)NCCCC1CNC(C)(C)C1)SNC(=O)c1ccc(-n2ccc(OCC3C4(CC4)C34CC4)n2)nc1Cl. The van der Waals surface area contributed by atoms with Gasteiger partial charge in [0.15, 0.2) is 5.82 Å². The maximum absolute atomic E-state index is 12.8. The molecule has 6 rings (SSSR count). The smallest absolute Gasteiger partial charge is 0.264 e. The van der Waals surface area contributed by atoms with E-state index in [0.717, 1.165) is 44.5 Å². The maximum atomic E-state index is 12.8. The zero-order valence-electron chi connectivity index (χ0n) is 24.4. The molecule has 1 amide bonds. The van der Waals surface area contributed by atoms with Gasteiger partial charge in [-0.1, -0.05) is 24.8 Å². The first-order valence-corrected chi connectivity index (χ1v) is 16.1. The molecule has 42 heavy (non-hydrogen) atoms. The van der Waals surface area contributed by atoms with Crippen molar-refractivity contribution in [3.05, 3.63) is 60.2 Å². The highest BCUT2D eigenvalue weighted by Crippen LogP contribution is 2.92. The Hall–Kier alpha value is -2.82. The fraction of sp³-hybridized carbons (Fsp3) is 0.548. The van der Waals surface area contributed by atoms with Crippen LogP contribution in [0.3, 0.4) is 0 Å². The van der Waals surface area contributed by atoms with Crippen molar-refractivity contribution in [3.8, 4) is 11.7 Å². The Labute approximate surface area is 257 Å². The van der Waals surface area contributed by atoms with Crippen LogP contribution in [0.5, 0.6) is 5.88 Å². The minimum absolute atomic E-state index is 0.0805. The Kier molecular flexibility index (Phi) is 7.91. The van der Waals surface area contributed by atoms with Crippen LogP contribution in [0.2, 0.25) is 5.15 Å². The number of amides is 1. The molecule has 1 unspecified atom stereocenters. The van der Waals surface area contributed by atoms with Crippen LogP contribution >= 0.6 is 23.5 Å². The first kappa shape index (κ1) is 29.3. The van der Waals surface area contributed by atoms with Crippen LogP contribution in [-0.2, 0) is 0 Å². The fourth-order valence-corrected chi connectivity index (χ4v) is 7.86. The monoisotopic (exact) mass is 609 g/mol. The third kappa shape index (κ3) is 5.98. The Balaban J connectivity index is 0.950. The standard InChI is InChI=1S/C31H40ClN7O2S/c1-5-26(35-20(2)33-15-6-7-21-17-29(3,4)34-18-21)42-38-28(40)22-8-9-24(36-27(22)32)39-16-10-25(37-39)41-19-23-30(11-12-30)31(23)13-14-31/h5,8-10,16,21,23,33-34H,1-2,6-7,11-15,17-19H2,3-4H3,(H,38,40)/b35-26+. The molecule has 3 aliphatic carbocycles. The number of rotatable bonds is 12. The lowest BCUT2D eigenvalue weighted by Gasteiger charge is -2.17. The third-order valence-electron chi connectivity index (χ3n) is 9.55. The lowest BCUT2D eigenvalue weighted by atomic mass is 9.94. The summed E-state index contributed by atoms with van der Waals surface area (Å²) >= 11 is 7.45. The predicted molar refractivity (Wildman–Crippen MR) is 168 cm³/mol. The predicted octanol–water partition coefficient (Wildman–Crippen LogP) is 5.68. The van der Waals surface area contributed by atoms with Crippen molar-refractivity contribution < 1.29 is 9.53 Å². The molecule has 9 nitrogen and oxygen atoms in total. The number of carbonyl (C=O) groups excluding carboxylic acids is 1. The van der Waals surface area contributed by atoms with E-state index in [4.69, 9.17) is 16.3 Å². The molecule has 1 saturated heterocycles. The Bertz CT molecular complexity index is 1390. The molecule has 3 saturated carbocycles. The summed E-state index contributed by atoms with van der Waals surface area (Å²) in [4.78, 5) is 21.7. The molecule has 3 N–H and O–H groups in total. The summed E-state index contributed by atoms with van der Waals surface area (Å²) in [6.07, 6.45) is 12.2. The average Bonchev–Trinajstić information content (AvgIpc) is 3.91. The van der Waals surface area contributed by atoms with E-state index in [1.807, 2.05) is 6.07 Å². The Morgan fingerprint density at radius 1 is 1.29 bits per heavy atom. The summed E-state index contributed by atoms with van der Waals surface area (Å²) in [6, 6.07) is 5.17. The molecule has 1 aliphatic heterocycles. The van der Waals surface area contributed by atoms with Crippen molar-refractivity contribution >= 4 is 34.5 Å². The van der Waals surface area contributed by atoms with Crippen LogP contribution in [0, 0.1) is 22.7 Å². The maximum Gasteiger partial charge on any atom is 0.264 e. The number of pyridine rings is 1. The van der Waals surface area contributed by atoms with Gasteiger partial charge < -0.3 is 15.4 Å². The summed E-state index contributed by atoms with van der Waals surface area (Å²) < 4.78 is 10.4. The number of nitrogens with zero attached hydrogens (tertiary/aromatic N) is 4. The van der Waals surface area contributed by atoms with Crippen LogP contribution < -0.4 is 20.1 Å². The Morgan fingerprint density at radius 3 is 2.69 bits per heavy atom. The topological polar surface area (TPSA) is 105 Å². The zero-order chi connectivity index (χ0) is 29.5. The van der Waals surface area contributed by atoms with E-state index in [1.165, 1.54) is 32.1 Å². The highest BCUT2D eigenvalue weighted by Gasteiger charge is 2.86. The van der Waals surface area contributed by atoms with E-state index in [1.54, 1.807) is 29.1 Å². The van der Waals surface area contributed by atoms with Gasteiger partial charge >= 0.3 is 0 Å². The van der Waals surface area contributed by atoms with Gasteiger partial charge in [-0.3, -0.25) is 9.52 Å². The van der Waals surface area contributed by atoms with Gasteiger partial charge in [0, 0.05) is 42.2 Å². The second-order valence-electron chi connectivity index (χ2n) is 12.8. The van der Waals surface area contributed by atoms with Crippen LogP contribution in [0.1, 0.15) is 69.2 Å². The highest BCUT2D eigenvalue weighted by atomic mass is 35.5. The quantitative estimate of drug-likeness (QED) is 0.0934. The molecule has 3 heterocycles. The Morgan fingerprint density at radius 2 is 2.05 bits per heavy atom. The fourth-order valence-electron chi connectivity index (χ4n) is 7.07. The van der Waals surface area contributed by atoms with Crippen molar-refractivity contribution in [3.63, 3.8) is 0 Å². The van der Waals surface area contributed by atoms with E-state index < -0.39 is 0 Å². The van der Waals surface area contributed by atoms with E-state index in [0.29, 0.717) is 45.2 Å². The number of aliphatic imine (C=N–C) groups is 1. The third-order valence-corrected chi connectivity index (χ3v) is 10.6. The molecule has 4 aliphatic rings. The lowest BCUT2D eigenvalue weighted by molar-refractivity contribution is 0.0984. The molecule has 1 atom stereocenters. The first-order valence-electron chi connectivity index (χ1n) is 14.9. The molecule has 4 fully saturated rings. The van der Waals surface area contributed by atoms with E-state index in [2.05, 4.69) is 57.4 Å². The van der Waals surface area contributed by atoms with E-state index >= 15 is 0 Å². The first-order chi connectivity index (χ1) is 20.1. The van der Waals surface area contributed by atoms with Crippen molar-refractivity contribution in [1.82, 2.24) is 30.1 Å². The van der Waals surface area contributed by atoms with E-state index in [9.17, 15) is 4.79 Å². The van der Waals surface area contributed by atoms with Crippen molar-refractivity contribution in [2.45, 2.75) is 64.3 Å². The molecule has 0 bridgehead atoms. The number of hydrogen-bond donors (Lipinski definition) is 3. The van der Waals surface area contributed by atoms with Crippen molar-refractivity contribution in [1.29, 1.82) is 0 Å². The van der Waals surface area contributed by atoms with E-state index in [-0.39, 0.29) is 22.2 Å². The molecule has 2 aromatic heterocycles. The van der Waals surface area contributed by atoms with Gasteiger partial charge in [-0.05, 0) is 100 Å². The molecule has 0 radical (unpaired) electrons. The number of nitrogens with one attached hydrogen (secondary N) is 3.